The van der Waals surface area contributed by atoms with Gasteiger partial charge in [0, 0.05) is 18.8 Å². The molecular formula is C43H79NO2. The van der Waals surface area contributed by atoms with Crippen LogP contribution in [0.25, 0.3) is 0 Å². The summed E-state index contributed by atoms with van der Waals surface area (Å²) in [4.78, 5) is 0. The maximum absolute atomic E-state index is 6.55. The summed E-state index contributed by atoms with van der Waals surface area (Å²) in [7, 11) is 2.03. The van der Waals surface area contributed by atoms with Crippen LogP contribution in [0.5, 0.6) is 0 Å². The van der Waals surface area contributed by atoms with Crippen molar-refractivity contribution in [1.29, 1.82) is 0 Å². The summed E-state index contributed by atoms with van der Waals surface area (Å²) >= 11 is 0. The van der Waals surface area contributed by atoms with Gasteiger partial charge in [0.2, 0.25) is 0 Å². The lowest BCUT2D eigenvalue weighted by Gasteiger charge is -2.41. The molecule has 0 aliphatic carbocycles. The van der Waals surface area contributed by atoms with Crippen molar-refractivity contribution in [3.63, 3.8) is 0 Å². The molecule has 1 rings (SSSR count). The third-order valence-electron chi connectivity index (χ3n) is 9.48. The zero-order chi connectivity index (χ0) is 33.1. The number of nitrogens with one attached hydrogen (secondary N) is 1. The van der Waals surface area contributed by atoms with Gasteiger partial charge in [-0.05, 0) is 97.1 Å². The molecule has 0 radical (unpaired) electrons. The average molecular weight is 642 g/mol. The molecule has 0 atom stereocenters. The predicted molar refractivity (Wildman–Crippen MR) is 205 cm³/mol. The molecule has 1 saturated heterocycles. The first-order valence-electron chi connectivity index (χ1n) is 20.3. The Bertz CT molecular complexity index is 681. The number of rotatable bonds is 33. The first-order chi connectivity index (χ1) is 22.8. The summed E-state index contributed by atoms with van der Waals surface area (Å²) in [5.74, 6) is 0.216. The van der Waals surface area contributed by atoms with Crippen molar-refractivity contribution in [3.05, 3.63) is 48.6 Å². The van der Waals surface area contributed by atoms with Gasteiger partial charge in [-0.1, -0.05) is 140 Å². The fourth-order valence-electron chi connectivity index (χ4n) is 6.32. The van der Waals surface area contributed by atoms with Crippen LogP contribution in [-0.4, -0.2) is 32.6 Å². The van der Waals surface area contributed by atoms with E-state index < -0.39 is 0 Å². The third-order valence-corrected chi connectivity index (χ3v) is 9.48. The molecule has 3 heteroatoms. The highest BCUT2D eigenvalue weighted by atomic mass is 16.7. The molecule has 1 N–H and O–H groups in total. The fourth-order valence-corrected chi connectivity index (χ4v) is 6.32. The van der Waals surface area contributed by atoms with Crippen LogP contribution in [0.4, 0.5) is 0 Å². The summed E-state index contributed by atoms with van der Waals surface area (Å²) < 4.78 is 13.1. The van der Waals surface area contributed by atoms with Gasteiger partial charge in [0.05, 0.1) is 13.2 Å². The van der Waals surface area contributed by atoms with Gasteiger partial charge in [0.1, 0.15) is 0 Å². The minimum Gasteiger partial charge on any atom is -0.350 e. The standard InChI is InChI=1S/C43H79NO2/c1-4-6-8-10-12-14-16-18-20-22-24-26-28-30-32-34-37-43(45-40-42(41-46-43)36-39-44-3)38-35-33-31-29-27-25-23-21-19-17-15-13-11-9-7-5-2/h12-15,18-21,42,44H,4-11,16-17,22-41H2,1-3H3/b14-12-,15-13-,20-18-,21-19-. The lowest BCUT2D eigenvalue weighted by atomic mass is 9.96. The van der Waals surface area contributed by atoms with Crippen LogP contribution in [0.15, 0.2) is 48.6 Å². The number of hydrogen-bond acceptors (Lipinski definition) is 3. The Morgan fingerprint density at radius 3 is 1.26 bits per heavy atom. The fraction of sp³-hybridized carbons (Fsp3) is 0.814. The Labute approximate surface area is 288 Å². The first kappa shape index (κ1) is 42.9. The topological polar surface area (TPSA) is 30.5 Å². The van der Waals surface area contributed by atoms with Gasteiger partial charge >= 0.3 is 0 Å². The summed E-state index contributed by atoms with van der Waals surface area (Å²) in [6.07, 6.45) is 53.1. The summed E-state index contributed by atoms with van der Waals surface area (Å²) in [5.41, 5.74) is 0. The van der Waals surface area contributed by atoms with E-state index in [0.717, 1.165) is 51.9 Å². The van der Waals surface area contributed by atoms with Crippen LogP contribution < -0.4 is 5.32 Å². The van der Waals surface area contributed by atoms with Crippen molar-refractivity contribution in [2.24, 2.45) is 5.92 Å². The van der Waals surface area contributed by atoms with Gasteiger partial charge in [0.25, 0.3) is 0 Å². The molecule has 0 aromatic rings. The zero-order valence-corrected chi connectivity index (χ0v) is 31.2. The molecule has 3 nitrogen and oxygen atoms in total. The molecule has 268 valence electrons. The second kappa shape index (κ2) is 33.7. The highest BCUT2D eigenvalue weighted by molar-refractivity contribution is 4.93. The maximum Gasteiger partial charge on any atom is 0.168 e. The molecule has 1 aliphatic rings. The van der Waals surface area contributed by atoms with Crippen LogP contribution >= 0.6 is 0 Å². The molecule has 0 bridgehead atoms. The molecule has 1 fully saturated rings. The molecule has 0 aromatic carbocycles. The Kier molecular flexibility index (Phi) is 31.4. The molecule has 46 heavy (non-hydrogen) atoms. The van der Waals surface area contributed by atoms with Gasteiger partial charge in [-0.15, -0.1) is 0 Å². The first-order valence-corrected chi connectivity index (χ1v) is 20.3. The second-order valence-electron chi connectivity index (χ2n) is 14.0. The Morgan fingerprint density at radius 2 is 0.870 bits per heavy atom. The van der Waals surface area contributed by atoms with Crippen molar-refractivity contribution >= 4 is 0 Å². The van der Waals surface area contributed by atoms with E-state index in [0.29, 0.717) is 5.92 Å². The minimum absolute atomic E-state index is 0.319. The third kappa shape index (κ3) is 26.9. The SMILES string of the molecule is CCCCC/C=C\C/C=C\CCCCCCCCC1(CCCCCCCC/C=C\C/C=C\CCCCC)OCC(CCNC)CO1. The molecular weight excluding hydrogens is 562 g/mol. The van der Waals surface area contributed by atoms with Crippen LogP contribution in [0.3, 0.4) is 0 Å². The van der Waals surface area contributed by atoms with Crippen LogP contribution in [0, 0.1) is 5.92 Å². The quantitative estimate of drug-likeness (QED) is 0.0571. The number of allylic oxidation sites excluding steroid dienone is 8. The van der Waals surface area contributed by atoms with E-state index in [9.17, 15) is 0 Å². The molecule has 0 amide bonds. The molecule has 0 aromatic heterocycles. The van der Waals surface area contributed by atoms with Gasteiger partial charge in [-0.2, -0.15) is 0 Å². The maximum atomic E-state index is 6.55. The van der Waals surface area contributed by atoms with Gasteiger partial charge in [0.15, 0.2) is 5.79 Å². The normalized spacial score (nSPS) is 15.9. The van der Waals surface area contributed by atoms with Crippen molar-refractivity contribution in [3.8, 4) is 0 Å². The molecule has 1 heterocycles. The van der Waals surface area contributed by atoms with Gasteiger partial charge < -0.3 is 14.8 Å². The average Bonchev–Trinajstić information content (AvgIpc) is 3.07. The van der Waals surface area contributed by atoms with Gasteiger partial charge in [-0.25, -0.2) is 0 Å². The Morgan fingerprint density at radius 1 is 0.500 bits per heavy atom. The lowest BCUT2D eigenvalue weighted by Crippen LogP contribution is -2.44. The van der Waals surface area contributed by atoms with E-state index >= 15 is 0 Å². The molecule has 0 spiro atoms. The monoisotopic (exact) mass is 642 g/mol. The highest BCUT2D eigenvalue weighted by Gasteiger charge is 2.36. The van der Waals surface area contributed by atoms with Crippen molar-refractivity contribution in [2.45, 2.75) is 193 Å². The Balaban J connectivity index is 2.15. The summed E-state index contributed by atoms with van der Waals surface area (Å²) in [6, 6.07) is 0. The zero-order valence-electron chi connectivity index (χ0n) is 31.2. The highest BCUT2D eigenvalue weighted by Crippen LogP contribution is 2.33. The van der Waals surface area contributed by atoms with Crippen molar-refractivity contribution < 1.29 is 9.47 Å². The molecule has 0 unspecified atom stereocenters. The number of unbranched alkanes of at least 4 members (excludes halogenated alkanes) is 18. The van der Waals surface area contributed by atoms with E-state index in [2.05, 4.69) is 67.8 Å². The number of ether oxygens (including phenoxy) is 2. The summed E-state index contributed by atoms with van der Waals surface area (Å²) in [5, 5.41) is 3.28. The minimum atomic E-state index is -0.319. The van der Waals surface area contributed by atoms with Crippen LogP contribution in [0.2, 0.25) is 0 Å². The van der Waals surface area contributed by atoms with Crippen molar-refractivity contribution in [1.82, 2.24) is 5.32 Å². The van der Waals surface area contributed by atoms with Crippen LogP contribution in [0.1, 0.15) is 187 Å². The Hall–Kier alpha value is -1.16. The van der Waals surface area contributed by atoms with Crippen LogP contribution in [-0.2, 0) is 9.47 Å². The van der Waals surface area contributed by atoms with E-state index in [4.69, 9.17) is 9.47 Å². The number of hydrogen-bond donors (Lipinski definition) is 1. The van der Waals surface area contributed by atoms with E-state index in [1.807, 2.05) is 7.05 Å². The second-order valence-corrected chi connectivity index (χ2v) is 14.0. The van der Waals surface area contributed by atoms with E-state index in [-0.39, 0.29) is 5.79 Å². The van der Waals surface area contributed by atoms with Gasteiger partial charge in [-0.3, -0.25) is 0 Å². The lowest BCUT2D eigenvalue weighted by molar-refractivity contribution is -0.290. The largest absolute Gasteiger partial charge is 0.350 e. The smallest absolute Gasteiger partial charge is 0.168 e. The predicted octanol–water partition coefficient (Wildman–Crippen LogP) is 13.4. The molecule has 1 aliphatic heterocycles. The van der Waals surface area contributed by atoms with Crippen molar-refractivity contribution in [2.75, 3.05) is 26.8 Å². The molecule has 0 saturated carbocycles. The summed E-state index contributed by atoms with van der Waals surface area (Å²) in [6.45, 7) is 7.32. The van der Waals surface area contributed by atoms with E-state index in [1.54, 1.807) is 0 Å². The van der Waals surface area contributed by atoms with E-state index in [1.165, 1.54) is 141 Å².